The second-order valence-electron chi connectivity index (χ2n) is 9.58. The van der Waals surface area contributed by atoms with Crippen molar-refractivity contribution in [3.05, 3.63) is 84.7 Å². The lowest BCUT2D eigenvalue weighted by Crippen LogP contribution is -2.18. The number of H-pyrrole nitrogens is 2. The lowest BCUT2D eigenvalue weighted by atomic mass is 10.0. The Morgan fingerprint density at radius 3 is 2.62 bits per heavy atom. The first-order chi connectivity index (χ1) is 18.2. The fourth-order valence-corrected chi connectivity index (χ4v) is 5.22. The van der Waals surface area contributed by atoms with Crippen molar-refractivity contribution in [1.29, 1.82) is 0 Å². The third kappa shape index (κ3) is 4.05. The van der Waals surface area contributed by atoms with E-state index in [0.717, 1.165) is 69.5 Å². The molecule has 0 spiro atoms. The van der Waals surface area contributed by atoms with Crippen molar-refractivity contribution in [2.75, 3.05) is 13.1 Å². The molecule has 0 aliphatic carbocycles. The highest BCUT2D eigenvalue weighted by Gasteiger charge is 2.17. The number of nitrogens with zero attached hydrogens (tertiary/aromatic N) is 5. The van der Waals surface area contributed by atoms with Crippen LogP contribution in [0, 0.1) is 5.82 Å². The van der Waals surface area contributed by atoms with Gasteiger partial charge in [0.15, 0.2) is 5.82 Å². The Bertz CT molecular complexity index is 1750. The molecule has 7 nitrogen and oxygen atoms in total. The molecule has 37 heavy (non-hydrogen) atoms. The first-order valence-electron chi connectivity index (χ1n) is 12.5. The minimum absolute atomic E-state index is 0.296. The Balaban J connectivity index is 1.28. The van der Waals surface area contributed by atoms with Crippen LogP contribution in [0.2, 0.25) is 0 Å². The van der Waals surface area contributed by atoms with E-state index in [1.807, 2.05) is 24.5 Å². The van der Waals surface area contributed by atoms with Crippen molar-refractivity contribution >= 4 is 21.9 Å². The predicted molar refractivity (Wildman–Crippen MR) is 142 cm³/mol. The van der Waals surface area contributed by atoms with Gasteiger partial charge in [-0.15, -0.1) is 0 Å². The molecule has 1 fully saturated rings. The summed E-state index contributed by atoms with van der Waals surface area (Å²) in [7, 11) is 0. The molecule has 0 amide bonds. The molecule has 6 aromatic rings. The number of imidazole rings is 1. The number of benzene rings is 2. The van der Waals surface area contributed by atoms with E-state index in [4.69, 9.17) is 4.98 Å². The summed E-state index contributed by atoms with van der Waals surface area (Å²) < 4.78 is 13.9. The van der Waals surface area contributed by atoms with Gasteiger partial charge < -0.3 is 4.98 Å². The molecular formula is C29H24FN7. The minimum atomic E-state index is -0.296. The molecule has 8 heteroatoms. The topological polar surface area (TPSA) is 86.4 Å². The molecule has 182 valence electrons. The summed E-state index contributed by atoms with van der Waals surface area (Å²) in [6, 6.07) is 15.0. The van der Waals surface area contributed by atoms with Gasteiger partial charge in [-0.3, -0.25) is 20.0 Å². The highest BCUT2D eigenvalue weighted by atomic mass is 19.1. The van der Waals surface area contributed by atoms with E-state index in [1.54, 1.807) is 18.5 Å². The number of pyridine rings is 2. The SMILES string of the molecule is Fc1cccc(-c2cncc3[nH]c(-c4n[nH]c5ccc(-c6cncc(CN7CCCC7)c6)cc45)nc23)c1. The zero-order valence-corrected chi connectivity index (χ0v) is 20.1. The van der Waals surface area contributed by atoms with Gasteiger partial charge >= 0.3 is 0 Å². The van der Waals surface area contributed by atoms with Gasteiger partial charge in [-0.2, -0.15) is 5.10 Å². The fourth-order valence-electron chi connectivity index (χ4n) is 5.22. The Morgan fingerprint density at radius 1 is 0.838 bits per heavy atom. The van der Waals surface area contributed by atoms with Crippen LogP contribution in [0.5, 0.6) is 0 Å². The van der Waals surface area contributed by atoms with Crippen molar-refractivity contribution in [1.82, 2.24) is 35.0 Å². The van der Waals surface area contributed by atoms with Gasteiger partial charge in [-0.1, -0.05) is 18.2 Å². The molecule has 0 unspecified atom stereocenters. The van der Waals surface area contributed by atoms with E-state index in [9.17, 15) is 4.39 Å². The summed E-state index contributed by atoms with van der Waals surface area (Å²) in [6.45, 7) is 3.24. The van der Waals surface area contributed by atoms with Crippen LogP contribution < -0.4 is 0 Å². The molecule has 0 bridgehead atoms. The number of aromatic amines is 2. The second kappa shape index (κ2) is 8.90. The Hall–Kier alpha value is -4.43. The third-order valence-corrected chi connectivity index (χ3v) is 7.05. The van der Waals surface area contributed by atoms with Gasteiger partial charge in [0, 0.05) is 41.6 Å². The summed E-state index contributed by atoms with van der Waals surface area (Å²) in [5.41, 5.74) is 8.00. The smallest absolute Gasteiger partial charge is 0.159 e. The monoisotopic (exact) mass is 489 g/mol. The number of aromatic nitrogens is 6. The maximum atomic E-state index is 13.9. The highest BCUT2D eigenvalue weighted by molar-refractivity contribution is 5.98. The Morgan fingerprint density at radius 2 is 1.73 bits per heavy atom. The summed E-state index contributed by atoms with van der Waals surface area (Å²) >= 11 is 0. The zero-order chi connectivity index (χ0) is 24.8. The molecule has 0 atom stereocenters. The van der Waals surface area contributed by atoms with Crippen LogP contribution in [0.1, 0.15) is 18.4 Å². The van der Waals surface area contributed by atoms with Crippen LogP contribution in [0.4, 0.5) is 4.39 Å². The molecule has 1 aliphatic heterocycles. The highest BCUT2D eigenvalue weighted by Crippen LogP contribution is 2.33. The van der Waals surface area contributed by atoms with Gasteiger partial charge in [-0.05, 0) is 73.0 Å². The Labute approximate surface area is 212 Å². The molecule has 1 aliphatic rings. The van der Waals surface area contributed by atoms with Gasteiger partial charge in [0.1, 0.15) is 11.5 Å². The number of nitrogens with one attached hydrogen (secondary N) is 2. The van der Waals surface area contributed by atoms with E-state index in [0.29, 0.717) is 5.82 Å². The van der Waals surface area contributed by atoms with Crippen LogP contribution in [0.3, 0.4) is 0 Å². The summed E-state index contributed by atoms with van der Waals surface area (Å²) in [4.78, 5) is 19.6. The molecule has 2 aromatic carbocycles. The molecule has 4 aromatic heterocycles. The standard InChI is InChI=1S/C29H24FN7/c30-22-5-3-4-20(11-22)24-15-32-16-26-27(24)34-29(33-26)28-23-12-19(6-7-25(23)35-36-28)21-10-18(13-31-14-21)17-37-8-1-2-9-37/h3-7,10-16H,1-2,8-9,17H2,(H,33,34)(H,35,36). The van der Waals surface area contributed by atoms with Gasteiger partial charge in [0.05, 0.1) is 22.7 Å². The van der Waals surface area contributed by atoms with Crippen molar-refractivity contribution in [2.24, 2.45) is 0 Å². The van der Waals surface area contributed by atoms with Crippen molar-refractivity contribution in [3.8, 4) is 33.8 Å². The number of hydrogen-bond acceptors (Lipinski definition) is 5. The summed E-state index contributed by atoms with van der Waals surface area (Å²) in [5, 5.41) is 8.66. The van der Waals surface area contributed by atoms with Crippen LogP contribution in [-0.2, 0) is 6.54 Å². The number of hydrogen-bond donors (Lipinski definition) is 2. The molecule has 0 saturated carbocycles. The van der Waals surface area contributed by atoms with Crippen molar-refractivity contribution < 1.29 is 4.39 Å². The first kappa shape index (κ1) is 21.8. The minimum Gasteiger partial charge on any atom is -0.335 e. The number of fused-ring (bicyclic) bond motifs is 2. The lowest BCUT2D eigenvalue weighted by Gasteiger charge is -2.14. The average molecular weight is 490 g/mol. The molecule has 0 radical (unpaired) electrons. The molecule has 5 heterocycles. The van der Waals surface area contributed by atoms with E-state index >= 15 is 0 Å². The normalized spacial score (nSPS) is 14.2. The number of likely N-dealkylation sites (tertiary alicyclic amines) is 1. The van der Waals surface area contributed by atoms with Crippen LogP contribution in [0.25, 0.3) is 55.7 Å². The van der Waals surface area contributed by atoms with E-state index < -0.39 is 0 Å². The maximum Gasteiger partial charge on any atom is 0.159 e. The quantitative estimate of drug-likeness (QED) is 0.312. The van der Waals surface area contributed by atoms with Crippen LogP contribution in [0.15, 0.2) is 73.3 Å². The number of rotatable bonds is 5. The lowest BCUT2D eigenvalue weighted by molar-refractivity contribution is 0.331. The fraction of sp³-hybridized carbons (Fsp3) is 0.172. The largest absolute Gasteiger partial charge is 0.335 e. The molecule has 1 saturated heterocycles. The Kier molecular flexibility index (Phi) is 5.25. The van der Waals surface area contributed by atoms with E-state index in [2.05, 4.69) is 48.2 Å². The molecule has 7 rings (SSSR count). The summed E-state index contributed by atoms with van der Waals surface area (Å²) in [6.07, 6.45) is 9.86. The number of halogens is 1. The molecule has 2 N–H and O–H groups in total. The van der Waals surface area contributed by atoms with Crippen LogP contribution in [-0.4, -0.2) is 48.1 Å². The predicted octanol–water partition coefficient (Wildman–Crippen LogP) is 5.97. The van der Waals surface area contributed by atoms with Gasteiger partial charge in [0.2, 0.25) is 0 Å². The summed E-state index contributed by atoms with van der Waals surface area (Å²) in [5.74, 6) is 0.333. The van der Waals surface area contributed by atoms with Crippen molar-refractivity contribution in [2.45, 2.75) is 19.4 Å². The van der Waals surface area contributed by atoms with Crippen LogP contribution >= 0.6 is 0 Å². The van der Waals surface area contributed by atoms with Gasteiger partial charge in [-0.25, -0.2) is 9.37 Å². The maximum absolute atomic E-state index is 13.9. The van der Waals surface area contributed by atoms with E-state index in [1.165, 1.54) is 30.5 Å². The second-order valence-corrected chi connectivity index (χ2v) is 9.58. The first-order valence-corrected chi connectivity index (χ1v) is 12.5. The van der Waals surface area contributed by atoms with Gasteiger partial charge in [0.25, 0.3) is 0 Å². The van der Waals surface area contributed by atoms with E-state index in [-0.39, 0.29) is 5.82 Å². The third-order valence-electron chi connectivity index (χ3n) is 7.05. The zero-order valence-electron chi connectivity index (χ0n) is 20.1. The molecular weight excluding hydrogens is 465 g/mol. The van der Waals surface area contributed by atoms with Crippen molar-refractivity contribution in [3.63, 3.8) is 0 Å². The average Bonchev–Trinajstić information content (AvgIpc) is 3.67.